The number of carbonyl (C=O) groups excluding carboxylic acids is 1. The van der Waals surface area contributed by atoms with E-state index in [9.17, 15) is 4.79 Å². The van der Waals surface area contributed by atoms with Gasteiger partial charge in [-0.1, -0.05) is 116 Å². The van der Waals surface area contributed by atoms with Crippen LogP contribution in [0.15, 0.2) is 78.9 Å². The topological polar surface area (TPSA) is 41.1 Å². The lowest BCUT2D eigenvalue weighted by Crippen LogP contribution is -2.09. The number of amides is 1. The normalized spacial score (nSPS) is 13.7. The molecule has 1 aliphatic heterocycles. The Morgan fingerprint density at radius 1 is 0.824 bits per heavy atom. The van der Waals surface area contributed by atoms with Gasteiger partial charge in [0.15, 0.2) is 0 Å². The molecule has 1 heterocycles. The lowest BCUT2D eigenvalue weighted by molar-refractivity contribution is -0.109. The molecule has 0 bridgehead atoms. The maximum Gasteiger partial charge on any atom is 0.207 e. The zero-order valence-electron chi connectivity index (χ0n) is 21.8. The highest BCUT2D eigenvalue weighted by molar-refractivity contribution is 5.46. The van der Waals surface area contributed by atoms with Gasteiger partial charge in [-0.15, -0.1) is 0 Å². The molecule has 3 heteroatoms. The molecular formula is C31H44N2O. The highest BCUT2D eigenvalue weighted by Crippen LogP contribution is 2.09. The molecule has 3 nitrogen and oxygen atoms in total. The summed E-state index contributed by atoms with van der Waals surface area (Å²) in [6.07, 6.45) is 4.51. The third kappa shape index (κ3) is 14.3. The molecule has 1 fully saturated rings. The molecule has 1 saturated heterocycles. The van der Waals surface area contributed by atoms with Crippen molar-refractivity contribution >= 4 is 6.41 Å². The smallest absolute Gasteiger partial charge is 0.207 e. The summed E-state index contributed by atoms with van der Waals surface area (Å²) in [5, 5.41) is 5.96. The Hall–Kier alpha value is -2.91. The van der Waals surface area contributed by atoms with Crippen LogP contribution in [0.1, 0.15) is 54.5 Å². The summed E-state index contributed by atoms with van der Waals surface area (Å²) < 4.78 is 0. The summed E-state index contributed by atoms with van der Waals surface area (Å²) in [6, 6.07) is 27.0. The fourth-order valence-corrected chi connectivity index (χ4v) is 3.35. The van der Waals surface area contributed by atoms with Crippen LogP contribution in [0, 0.1) is 26.7 Å². The van der Waals surface area contributed by atoms with Gasteiger partial charge in [-0.05, 0) is 63.7 Å². The van der Waals surface area contributed by atoms with E-state index in [0.29, 0.717) is 6.54 Å². The third-order valence-corrected chi connectivity index (χ3v) is 5.69. The lowest BCUT2D eigenvalue weighted by atomic mass is 10.1. The van der Waals surface area contributed by atoms with E-state index >= 15 is 0 Å². The molecular weight excluding hydrogens is 416 g/mol. The van der Waals surface area contributed by atoms with Crippen molar-refractivity contribution in [1.82, 2.24) is 10.6 Å². The second-order valence-corrected chi connectivity index (χ2v) is 8.75. The largest absolute Gasteiger partial charge is 0.355 e. The maximum atomic E-state index is 10.0. The van der Waals surface area contributed by atoms with Crippen LogP contribution in [0.4, 0.5) is 0 Å². The fourth-order valence-electron chi connectivity index (χ4n) is 3.35. The van der Waals surface area contributed by atoms with E-state index in [2.05, 4.69) is 93.8 Å². The van der Waals surface area contributed by atoms with E-state index in [1.807, 2.05) is 30.3 Å². The molecule has 34 heavy (non-hydrogen) atoms. The molecule has 3 aromatic rings. The van der Waals surface area contributed by atoms with Gasteiger partial charge in [0.1, 0.15) is 0 Å². The van der Waals surface area contributed by atoms with Crippen LogP contribution in [0.25, 0.3) is 0 Å². The van der Waals surface area contributed by atoms with E-state index in [1.54, 1.807) is 0 Å². The van der Waals surface area contributed by atoms with Crippen LogP contribution in [-0.2, 0) is 17.8 Å². The average molecular weight is 461 g/mol. The van der Waals surface area contributed by atoms with Crippen molar-refractivity contribution in [3.05, 3.63) is 107 Å². The second kappa shape index (κ2) is 18.5. The van der Waals surface area contributed by atoms with Gasteiger partial charge >= 0.3 is 0 Å². The molecule has 0 radical (unpaired) electrons. The van der Waals surface area contributed by atoms with Crippen LogP contribution in [0.2, 0.25) is 0 Å². The summed E-state index contributed by atoms with van der Waals surface area (Å²) in [7, 11) is 0. The molecule has 1 atom stereocenters. The predicted octanol–water partition coefficient (Wildman–Crippen LogP) is 6.80. The van der Waals surface area contributed by atoms with Crippen molar-refractivity contribution in [2.24, 2.45) is 5.92 Å². The van der Waals surface area contributed by atoms with Crippen LogP contribution in [0.5, 0.6) is 0 Å². The Morgan fingerprint density at radius 2 is 1.41 bits per heavy atom. The molecule has 1 aliphatic rings. The van der Waals surface area contributed by atoms with Crippen molar-refractivity contribution in [1.29, 1.82) is 0 Å². The van der Waals surface area contributed by atoms with Crippen LogP contribution in [-0.4, -0.2) is 19.5 Å². The van der Waals surface area contributed by atoms with Gasteiger partial charge in [-0.25, -0.2) is 0 Å². The summed E-state index contributed by atoms with van der Waals surface area (Å²) >= 11 is 0. The standard InChI is InChI=1S/C10H13NO.C8H10.C7H8.C6H13N/c1-2-9-4-3-5-10(6-9)7-11-8-12;1-7-3-5-8(2)6-4-7;1-7-5-3-2-4-6-7;1-2-6-3-4-7-5-6/h3-6,8H,2,7H2,1H3,(H,11,12);3-6H,1-2H3;2-6H,1H3;6-7H,2-5H2,1H3. The second-order valence-electron chi connectivity index (χ2n) is 8.75. The van der Waals surface area contributed by atoms with Crippen LogP contribution < -0.4 is 10.6 Å². The van der Waals surface area contributed by atoms with Gasteiger partial charge in [-0.2, -0.15) is 0 Å². The zero-order valence-corrected chi connectivity index (χ0v) is 21.8. The monoisotopic (exact) mass is 460 g/mol. The lowest BCUT2D eigenvalue weighted by Gasteiger charge is -2.01. The van der Waals surface area contributed by atoms with Crippen molar-refractivity contribution < 1.29 is 4.79 Å². The molecule has 1 amide bonds. The number of aryl methyl sites for hydroxylation is 4. The first-order valence-corrected chi connectivity index (χ1v) is 12.5. The van der Waals surface area contributed by atoms with Gasteiger partial charge in [-0.3, -0.25) is 4.79 Å². The van der Waals surface area contributed by atoms with Crippen LogP contribution >= 0.6 is 0 Å². The summed E-state index contributed by atoms with van der Waals surface area (Å²) in [6.45, 7) is 13.8. The van der Waals surface area contributed by atoms with Crippen molar-refractivity contribution in [2.45, 2.75) is 60.4 Å². The number of hydrogen-bond acceptors (Lipinski definition) is 2. The first kappa shape index (κ1) is 29.1. The van der Waals surface area contributed by atoms with Gasteiger partial charge in [0.05, 0.1) is 0 Å². The third-order valence-electron chi connectivity index (χ3n) is 5.69. The molecule has 0 saturated carbocycles. The van der Waals surface area contributed by atoms with Crippen molar-refractivity contribution in [2.75, 3.05) is 13.1 Å². The minimum Gasteiger partial charge on any atom is -0.355 e. The Labute approximate surface area is 208 Å². The molecule has 4 rings (SSSR count). The highest BCUT2D eigenvalue weighted by atomic mass is 16.1. The van der Waals surface area contributed by atoms with Crippen molar-refractivity contribution in [3.8, 4) is 0 Å². The average Bonchev–Trinajstić information content (AvgIpc) is 3.41. The van der Waals surface area contributed by atoms with E-state index in [0.717, 1.165) is 24.3 Å². The van der Waals surface area contributed by atoms with E-state index in [-0.39, 0.29) is 0 Å². The SMILES string of the molecule is CCC1CCNC1.CCc1cccc(CNC=O)c1.Cc1ccc(C)cc1.Cc1ccccc1. The Kier molecular flexibility index (Phi) is 15.9. The maximum absolute atomic E-state index is 10.0. The Bertz CT molecular complexity index is 864. The van der Waals surface area contributed by atoms with E-state index in [4.69, 9.17) is 0 Å². The fraction of sp³-hybridized carbons (Fsp3) is 0.387. The Balaban J connectivity index is 0.000000233. The first-order valence-electron chi connectivity index (χ1n) is 12.5. The molecule has 2 N–H and O–H groups in total. The summed E-state index contributed by atoms with van der Waals surface area (Å²) in [4.78, 5) is 10.0. The van der Waals surface area contributed by atoms with Gasteiger partial charge < -0.3 is 10.6 Å². The quantitative estimate of drug-likeness (QED) is 0.411. The molecule has 184 valence electrons. The number of nitrogens with one attached hydrogen (secondary N) is 2. The first-order chi connectivity index (χ1) is 16.5. The van der Waals surface area contributed by atoms with Crippen LogP contribution in [0.3, 0.4) is 0 Å². The van der Waals surface area contributed by atoms with Gasteiger partial charge in [0.25, 0.3) is 0 Å². The molecule has 0 spiro atoms. The number of benzene rings is 3. The summed E-state index contributed by atoms with van der Waals surface area (Å²) in [5.74, 6) is 0.986. The number of rotatable bonds is 5. The minimum absolute atomic E-state index is 0.622. The minimum atomic E-state index is 0.622. The predicted molar refractivity (Wildman–Crippen MR) is 147 cm³/mol. The van der Waals surface area contributed by atoms with E-state index < -0.39 is 0 Å². The van der Waals surface area contributed by atoms with Crippen molar-refractivity contribution in [3.63, 3.8) is 0 Å². The zero-order chi connectivity index (χ0) is 25.0. The molecule has 1 unspecified atom stereocenters. The van der Waals surface area contributed by atoms with Gasteiger partial charge in [0, 0.05) is 6.54 Å². The van der Waals surface area contributed by atoms with Gasteiger partial charge in [0.2, 0.25) is 6.41 Å². The molecule has 3 aromatic carbocycles. The highest BCUT2D eigenvalue weighted by Gasteiger charge is 2.10. The number of carbonyl (C=O) groups is 1. The number of hydrogen-bond donors (Lipinski definition) is 2. The van der Waals surface area contributed by atoms with E-state index in [1.165, 1.54) is 48.2 Å². The molecule has 0 aliphatic carbocycles. The Morgan fingerprint density at radius 3 is 1.82 bits per heavy atom. The summed E-state index contributed by atoms with van der Waals surface area (Å²) in [5.41, 5.74) is 6.44. The molecule has 0 aromatic heterocycles.